The Morgan fingerprint density at radius 1 is 1.25 bits per heavy atom. The molecule has 0 radical (unpaired) electrons. The Balaban J connectivity index is 2.81. The quantitative estimate of drug-likeness (QED) is 0.772. The first-order valence-corrected chi connectivity index (χ1v) is 8.08. The molecule has 0 aliphatic heterocycles. The molecular formula is C13H25N3O3S. The minimum absolute atomic E-state index is 0.259. The molecule has 0 amide bonds. The third-order valence-corrected chi connectivity index (χ3v) is 5.01. The highest BCUT2D eigenvalue weighted by atomic mass is 32.2. The minimum atomic E-state index is -3.47. The number of rotatable bonds is 8. The van der Waals surface area contributed by atoms with Crippen LogP contribution in [-0.2, 0) is 16.6 Å². The molecule has 7 heteroatoms. The molecule has 1 N–H and O–H groups in total. The number of sulfonamides is 1. The van der Waals surface area contributed by atoms with Crippen molar-refractivity contribution in [2.75, 3.05) is 41.3 Å². The standard InChI is InChI=1S/C13H25N3O3S/c1-11-13(9-12(19-11)10-14-2)20(17,18)16(5)8-6-7-15(3)4/h9,14H,6-8,10H2,1-5H3. The predicted molar refractivity (Wildman–Crippen MR) is 79.2 cm³/mol. The fraction of sp³-hybridized carbons (Fsp3) is 0.692. The molecule has 0 saturated carbocycles. The first-order valence-electron chi connectivity index (χ1n) is 6.64. The summed E-state index contributed by atoms with van der Waals surface area (Å²) in [4.78, 5) is 2.30. The van der Waals surface area contributed by atoms with Gasteiger partial charge in [0.25, 0.3) is 0 Å². The van der Waals surface area contributed by atoms with Crippen LogP contribution < -0.4 is 5.32 Å². The third kappa shape index (κ3) is 4.31. The first-order chi connectivity index (χ1) is 9.28. The van der Waals surface area contributed by atoms with Crippen molar-refractivity contribution < 1.29 is 12.8 Å². The van der Waals surface area contributed by atoms with Gasteiger partial charge in [-0.1, -0.05) is 0 Å². The molecule has 1 rings (SSSR count). The molecule has 0 bridgehead atoms. The van der Waals surface area contributed by atoms with Crippen LogP contribution in [0.4, 0.5) is 0 Å². The van der Waals surface area contributed by atoms with E-state index in [9.17, 15) is 8.42 Å². The van der Waals surface area contributed by atoms with E-state index >= 15 is 0 Å². The maximum atomic E-state index is 12.5. The summed E-state index contributed by atoms with van der Waals surface area (Å²) in [5.74, 6) is 1.07. The monoisotopic (exact) mass is 303 g/mol. The van der Waals surface area contributed by atoms with Gasteiger partial charge in [-0.25, -0.2) is 12.7 Å². The van der Waals surface area contributed by atoms with Gasteiger partial charge in [-0.05, 0) is 41.0 Å². The van der Waals surface area contributed by atoms with Crippen LogP contribution in [0.25, 0.3) is 0 Å². The zero-order chi connectivity index (χ0) is 15.3. The third-order valence-electron chi connectivity index (χ3n) is 3.04. The highest BCUT2D eigenvalue weighted by molar-refractivity contribution is 7.89. The molecule has 0 atom stereocenters. The van der Waals surface area contributed by atoms with E-state index in [0.717, 1.165) is 13.0 Å². The summed E-state index contributed by atoms with van der Waals surface area (Å²) in [5.41, 5.74) is 0. The van der Waals surface area contributed by atoms with E-state index in [1.54, 1.807) is 27.1 Å². The van der Waals surface area contributed by atoms with Crippen LogP contribution in [0.3, 0.4) is 0 Å². The van der Waals surface area contributed by atoms with Crippen molar-refractivity contribution in [3.63, 3.8) is 0 Å². The zero-order valence-electron chi connectivity index (χ0n) is 12.9. The zero-order valence-corrected chi connectivity index (χ0v) is 13.7. The van der Waals surface area contributed by atoms with Gasteiger partial charge in [-0.2, -0.15) is 0 Å². The van der Waals surface area contributed by atoms with Gasteiger partial charge in [0.15, 0.2) is 0 Å². The Hall–Kier alpha value is -0.890. The molecular weight excluding hydrogens is 278 g/mol. The van der Waals surface area contributed by atoms with Crippen LogP contribution in [0.5, 0.6) is 0 Å². The SMILES string of the molecule is CNCc1cc(S(=O)(=O)N(C)CCCN(C)C)c(C)o1. The van der Waals surface area contributed by atoms with E-state index in [0.29, 0.717) is 24.6 Å². The number of nitrogens with one attached hydrogen (secondary N) is 1. The van der Waals surface area contributed by atoms with E-state index in [2.05, 4.69) is 5.32 Å². The van der Waals surface area contributed by atoms with Gasteiger partial charge < -0.3 is 14.6 Å². The second kappa shape index (κ2) is 7.21. The van der Waals surface area contributed by atoms with Crippen LogP contribution in [-0.4, -0.2) is 58.9 Å². The lowest BCUT2D eigenvalue weighted by atomic mass is 10.4. The van der Waals surface area contributed by atoms with Crippen molar-refractivity contribution >= 4 is 10.0 Å². The van der Waals surface area contributed by atoms with Crippen molar-refractivity contribution in [1.29, 1.82) is 0 Å². The lowest BCUT2D eigenvalue weighted by molar-refractivity contribution is 0.370. The molecule has 0 aromatic carbocycles. The van der Waals surface area contributed by atoms with Crippen molar-refractivity contribution in [1.82, 2.24) is 14.5 Å². The van der Waals surface area contributed by atoms with Gasteiger partial charge in [-0.3, -0.25) is 0 Å². The smallest absolute Gasteiger partial charge is 0.246 e. The van der Waals surface area contributed by atoms with Gasteiger partial charge in [0.2, 0.25) is 10.0 Å². The Kier molecular flexibility index (Phi) is 6.19. The summed E-state index contributed by atoms with van der Waals surface area (Å²) in [6.45, 7) is 3.54. The van der Waals surface area contributed by atoms with E-state index in [1.165, 1.54) is 4.31 Å². The summed E-state index contributed by atoms with van der Waals surface area (Å²) in [6.07, 6.45) is 0.795. The second-order valence-electron chi connectivity index (χ2n) is 5.15. The van der Waals surface area contributed by atoms with Crippen LogP contribution >= 0.6 is 0 Å². The highest BCUT2D eigenvalue weighted by Gasteiger charge is 2.25. The van der Waals surface area contributed by atoms with Crippen molar-refractivity contribution in [3.8, 4) is 0 Å². The molecule has 0 aliphatic rings. The lowest BCUT2D eigenvalue weighted by Gasteiger charge is -2.17. The summed E-state index contributed by atoms with van der Waals surface area (Å²) >= 11 is 0. The summed E-state index contributed by atoms with van der Waals surface area (Å²) in [6, 6.07) is 1.60. The van der Waals surface area contributed by atoms with E-state index in [-0.39, 0.29) is 4.90 Å². The van der Waals surface area contributed by atoms with Crippen LogP contribution in [0.1, 0.15) is 17.9 Å². The molecule has 0 fully saturated rings. The van der Waals surface area contributed by atoms with Crippen molar-refractivity contribution in [2.24, 2.45) is 0 Å². The average molecular weight is 303 g/mol. The number of furan rings is 1. The molecule has 1 aromatic heterocycles. The number of hydrogen-bond acceptors (Lipinski definition) is 5. The molecule has 0 spiro atoms. The molecule has 0 saturated heterocycles. The lowest BCUT2D eigenvalue weighted by Crippen LogP contribution is -2.30. The average Bonchev–Trinajstić information content (AvgIpc) is 2.70. The predicted octanol–water partition coefficient (Wildman–Crippen LogP) is 0.880. The molecule has 116 valence electrons. The largest absolute Gasteiger partial charge is 0.464 e. The van der Waals surface area contributed by atoms with E-state index < -0.39 is 10.0 Å². The van der Waals surface area contributed by atoms with E-state index in [4.69, 9.17) is 4.42 Å². The molecule has 1 heterocycles. The maximum Gasteiger partial charge on any atom is 0.246 e. The first kappa shape index (κ1) is 17.2. The molecule has 0 unspecified atom stereocenters. The van der Waals surface area contributed by atoms with E-state index in [1.807, 2.05) is 19.0 Å². The van der Waals surface area contributed by atoms with Gasteiger partial charge in [0.1, 0.15) is 16.4 Å². The fourth-order valence-electron chi connectivity index (χ4n) is 1.94. The fourth-order valence-corrected chi connectivity index (χ4v) is 3.33. The molecule has 20 heavy (non-hydrogen) atoms. The van der Waals surface area contributed by atoms with Gasteiger partial charge >= 0.3 is 0 Å². The van der Waals surface area contributed by atoms with Crippen molar-refractivity contribution in [3.05, 3.63) is 17.6 Å². The van der Waals surface area contributed by atoms with Gasteiger partial charge in [0.05, 0.1) is 6.54 Å². The Morgan fingerprint density at radius 3 is 2.45 bits per heavy atom. The number of aryl methyl sites for hydroxylation is 1. The van der Waals surface area contributed by atoms with Gasteiger partial charge in [0, 0.05) is 19.7 Å². The number of nitrogens with zero attached hydrogens (tertiary/aromatic N) is 2. The Labute approximate surface area is 121 Å². The van der Waals surface area contributed by atoms with Gasteiger partial charge in [-0.15, -0.1) is 0 Å². The Bertz CT molecular complexity index is 523. The minimum Gasteiger partial charge on any atom is -0.464 e. The van der Waals surface area contributed by atoms with Crippen LogP contribution in [0, 0.1) is 6.92 Å². The summed E-state index contributed by atoms with van der Waals surface area (Å²) in [5, 5.41) is 2.94. The highest BCUT2D eigenvalue weighted by Crippen LogP contribution is 2.23. The molecule has 6 nitrogen and oxygen atoms in total. The maximum absolute atomic E-state index is 12.5. The summed E-state index contributed by atoms with van der Waals surface area (Å²) < 4.78 is 31.8. The van der Waals surface area contributed by atoms with Crippen LogP contribution in [0.15, 0.2) is 15.4 Å². The normalized spacial score (nSPS) is 12.6. The number of hydrogen-bond donors (Lipinski definition) is 1. The molecule has 0 aliphatic carbocycles. The van der Waals surface area contributed by atoms with Crippen LogP contribution in [0.2, 0.25) is 0 Å². The topological polar surface area (TPSA) is 65.8 Å². The second-order valence-corrected chi connectivity index (χ2v) is 7.16. The molecule has 1 aromatic rings. The summed E-state index contributed by atoms with van der Waals surface area (Å²) in [7, 11) is 3.87. The van der Waals surface area contributed by atoms with Crippen molar-refractivity contribution in [2.45, 2.75) is 24.8 Å². The Morgan fingerprint density at radius 2 is 1.90 bits per heavy atom.